The van der Waals surface area contributed by atoms with Crippen molar-refractivity contribution < 1.29 is 102 Å². The zero-order valence-electron chi connectivity index (χ0n) is 77.7. The van der Waals surface area contributed by atoms with Crippen molar-refractivity contribution in [3.05, 3.63) is 354 Å². The maximum absolute atomic E-state index is 13.1. The first-order valence-electron chi connectivity index (χ1n) is 43.2. The molecule has 9 aromatic carbocycles. The lowest BCUT2D eigenvalue weighted by molar-refractivity contribution is -0.138. The second kappa shape index (κ2) is 42.7. The van der Waals surface area contributed by atoms with Crippen molar-refractivity contribution in [2.24, 2.45) is 0 Å². The number of aryl methyl sites for hydroxylation is 5. The van der Waals surface area contributed by atoms with Crippen LogP contribution in [0.3, 0.4) is 0 Å². The van der Waals surface area contributed by atoms with Gasteiger partial charge in [-0.1, -0.05) is 151 Å². The summed E-state index contributed by atoms with van der Waals surface area (Å²) in [6, 6.07) is 45.2. The Kier molecular flexibility index (Phi) is 32.2. The topological polar surface area (TPSA) is 297 Å². The Labute approximate surface area is 810 Å². The molecule has 0 fully saturated rings. The van der Waals surface area contributed by atoms with Gasteiger partial charge in [0.15, 0.2) is 51.7 Å². The molecule has 25 nitrogen and oxygen atoms in total. The van der Waals surface area contributed by atoms with Crippen LogP contribution in [-0.2, 0) is 114 Å². The van der Waals surface area contributed by atoms with E-state index >= 15 is 0 Å². The van der Waals surface area contributed by atoms with Gasteiger partial charge in [-0.15, -0.1) is 0 Å². The number of benzene rings is 9. The first-order chi connectivity index (χ1) is 66.4. The minimum absolute atomic E-state index is 0.0384. The number of pyridine rings is 1. The van der Waals surface area contributed by atoms with Crippen LogP contribution in [0, 0.1) is 67.5 Å². The normalized spacial score (nSPS) is 13.7. The molecule has 0 aliphatic carbocycles. The fraction of sp³-hybridized carbons (Fsp3) is 0.279. The van der Waals surface area contributed by atoms with Crippen LogP contribution in [0.25, 0.3) is 79.4 Å². The zero-order chi connectivity index (χ0) is 104. The van der Waals surface area contributed by atoms with Crippen molar-refractivity contribution >= 4 is 124 Å². The first-order valence-corrected chi connectivity index (χ1v) is 43.6. The zero-order valence-corrected chi connectivity index (χ0v) is 78.4. The van der Waals surface area contributed by atoms with Crippen molar-refractivity contribution in [2.75, 3.05) is 0 Å². The number of halogens is 13. The van der Waals surface area contributed by atoms with Crippen molar-refractivity contribution in [1.82, 2.24) is 47.8 Å². The van der Waals surface area contributed by atoms with E-state index in [-0.39, 0.29) is 92.9 Å². The summed E-state index contributed by atoms with van der Waals surface area (Å²) in [5.74, 6) is -2.83. The average Bonchev–Trinajstić information content (AvgIpc) is 1.63. The van der Waals surface area contributed by atoms with E-state index in [1.54, 1.807) is 59.6 Å². The van der Waals surface area contributed by atoms with Crippen LogP contribution in [-0.4, -0.2) is 130 Å². The molecule has 0 aliphatic rings. The summed E-state index contributed by atoms with van der Waals surface area (Å²) >= 11 is 6.02. The molecule has 6 aromatic heterocycles. The Balaban J connectivity index is 0.000000170. The van der Waals surface area contributed by atoms with Gasteiger partial charge in [0.05, 0.1) is 168 Å². The Morgan fingerprint density at radius 2 is 0.592 bits per heavy atom. The van der Waals surface area contributed by atoms with E-state index in [0.717, 1.165) is 132 Å². The molecule has 0 aliphatic heterocycles. The van der Waals surface area contributed by atoms with E-state index in [9.17, 15) is 102 Å². The smallest absolute Gasteiger partial charge is 0.380 e. The number of carbonyl (C=O) groups excluding carboxylic acids is 5. The molecular formula is C104H90ClF12N15O10. The third-order valence-electron chi connectivity index (χ3n) is 23.5. The number of para-hydroxylation sites is 4. The van der Waals surface area contributed by atoms with Gasteiger partial charge in [0, 0.05) is 49.0 Å². The molecule has 0 unspecified atom stereocenters. The number of ketones is 5. The van der Waals surface area contributed by atoms with Crippen molar-refractivity contribution in [3.8, 4) is 0 Å². The lowest BCUT2D eigenvalue weighted by Crippen LogP contribution is -2.40. The number of nitrogens with zero attached hydrogens (tertiary/aromatic N) is 15. The highest BCUT2D eigenvalue weighted by Gasteiger charge is 2.42. The number of Topliss-reactive ketones (excluding diaryl/α,β-unsaturated/α-hetero) is 5. The van der Waals surface area contributed by atoms with Crippen LogP contribution in [0.2, 0.25) is 5.02 Å². The van der Waals surface area contributed by atoms with Crippen LogP contribution in [0.1, 0.15) is 113 Å². The monoisotopic (exact) mass is 1970 g/mol. The molecule has 0 spiro atoms. The summed E-state index contributed by atoms with van der Waals surface area (Å²) in [6.45, 7) is 50.6. The number of imidazole rings is 4. The Morgan fingerprint density at radius 3 is 0.894 bits per heavy atom. The van der Waals surface area contributed by atoms with E-state index in [0.29, 0.717) is 16.3 Å². The van der Waals surface area contributed by atoms with Gasteiger partial charge in [-0.2, -0.15) is 52.7 Å². The van der Waals surface area contributed by atoms with Gasteiger partial charge in [0.2, 0.25) is 5.69 Å². The van der Waals surface area contributed by atoms with Crippen molar-refractivity contribution in [1.29, 1.82) is 0 Å². The number of alkyl halides is 12. The van der Waals surface area contributed by atoms with E-state index in [4.69, 9.17) is 44.5 Å². The standard InChI is InChI=1S/4C21H18F3N3O2.C20H18ClN3O2/c1-13-4-7-18-17(26-13)8-9-27(18)12-20(2,29)19(28)11-14-5-6-16(25-3)15(10-14)21(22,23)24;2*1-13-5-4-6-17-19(13)26-12-27(17)11-20(2,29)18(28)10-14-7-8-16(25-3)15(9-14)21(22,23)24;1-13-5-4-6-17-19(13)27(12-26-17)11-20(2,29)18(28)10-14-7-8-16(25-3)15(9-14)21(22,23)24;1-13-5-4-6-17-19(13)23-12-24(17)11-20(2,26)18(25)10-14-7-8-16(22-3)15(21)9-14/h4-10,29H,11-12H2,1-2H3;3*4-9,12,29H,10-11H2,1-2H3;4-9,12,26H,10-11H2,1-2H3/t5*20-/m00000/s1. The Bertz CT molecular complexity index is 7410. The van der Waals surface area contributed by atoms with Gasteiger partial charge in [-0.05, 0) is 162 Å². The molecule has 0 saturated heterocycles. The average molecular weight is 1970 g/mol. The lowest BCUT2D eigenvalue weighted by atomic mass is 9.93. The minimum atomic E-state index is -4.70. The molecule has 0 saturated carbocycles. The fourth-order valence-electron chi connectivity index (χ4n) is 15.6. The molecule has 6 heterocycles. The molecule has 5 N–H and O–H groups in total. The maximum atomic E-state index is 13.1. The summed E-state index contributed by atoms with van der Waals surface area (Å²) in [7, 11) is 0. The second-order valence-electron chi connectivity index (χ2n) is 35.2. The van der Waals surface area contributed by atoms with Gasteiger partial charge in [-0.25, -0.2) is 44.2 Å². The fourth-order valence-corrected chi connectivity index (χ4v) is 15.9. The highest BCUT2D eigenvalue weighted by atomic mass is 35.5. The lowest BCUT2D eigenvalue weighted by Gasteiger charge is -2.23. The maximum Gasteiger partial charge on any atom is 0.407 e. The third kappa shape index (κ3) is 25.6. The number of rotatable bonds is 25. The molecule has 15 aromatic rings. The minimum Gasteiger partial charge on any atom is -0.380 e. The van der Waals surface area contributed by atoms with Gasteiger partial charge in [0.1, 0.15) is 28.0 Å². The van der Waals surface area contributed by atoms with E-state index in [1.807, 2.05) is 120 Å². The number of fused-ring (bicyclic) bond motifs is 5. The van der Waals surface area contributed by atoms with Gasteiger partial charge in [-0.3, -0.25) is 29.0 Å². The summed E-state index contributed by atoms with van der Waals surface area (Å²) in [5, 5.41) is 53.9. The first kappa shape index (κ1) is 107. The van der Waals surface area contributed by atoms with Crippen LogP contribution in [0.4, 0.5) is 81.1 Å². The largest absolute Gasteiger partial charge is 0.407 e. The molecule has 142 heavy (non-hydrogen) atoms. The van der Waals surface area contributed by atoms with Gasteiger partial charge >= 0.3 is 24.7 Å². The molecule has 15 rings (SSSR count). The van der Waals surface area contributed by atoms with Crippen LogP contribution in [0.15, 0.2) is 213 Å². The number of aliphatic hydroxyl groups is 5. The highest BCUT2D eigenvalue weighted by molar-refractivity contribution is 6.33. The molecule has 0 radical (unpaired) electrons. The number of hydrogen-bond acceptors (Lipinski definition) is 15. The molecular weight excluding hydrogens is 1880 g/mol. The van der Waals surface area contributed by atoms with E-state index in [1.165, 1.54) is 77.9 Å². The molecule has 732 valence electrons. The molecule has 0 amide bonds. The van der Waals surface area contributed by atoms with Crippen LogP contribution >= 0.6 is 11.6 Å². The predicted molar refractivity (Wildman–Crippen MR) is 508 cm³/mol. The second-order valence-corrected chi connectivity index (χ2v) is 35.6. The Morgan fingerprint density at radius 1 is 0.317 bits per heavy atom. The van der Waals surface area contributed by atoms with Crippen molar-refractivity contribution in [2.45, 2.75) is 187 Å². The number of aromatic nitrogens is 10. The van der Waals surface area contributed by atoms with Gasteiger partial charge in [0.25, 0.3) is 0 Å². The number of hydrogen-bond donors (Lipinski definition) is 5. The summed E-state index contributed by atoms with van der Waals surface area (Å²) in [4.78, 5) is 99.6. The molecule has 0 bridgehead atoms. The third-order valence-corrected chi connectivity index (χ3v) is 23.8. The SMILES string of the molecule is [C-]#[N+]c1ccc(CC(=O)[C@@](C)(O)Cn2ccc3nc(C)ccc32)cc1C(F)(F)F.[C-]#[N+]c1ccc(CC(=O)[C@@](C)(O)Cn2cnc3c(C)cccc32)cc1C(F)(F)F.[C-]#[N+]c1ccc(CC(=O)[C@@](C)(O)Cn2cnc3c(C)cccc32)cc1C(F)(F)F.[C-]#[N+]c1ccc(CC(=O)[C@@](C)(O)Cn2cnc3c(C)cccc32)cc1Cl.[C-]#[N+]c1ccc(CC(=O)[C@@](C)(O)Cn2cnc3cccc(C)c32)cc1C(F)(F)F. The van der Waals surface area contributed by atoms with Crippen LogP contribution in [0.5, 0.6) is 0 Å². The van der Waals surface area contributed by atoms with E-state index in [2.05, 4.69) is 49.1 Å². The van der Waals surface area contributed by atoms with Crippen molar-refractivity contribution in [3.63, 3.8) is 0 Å². The Hall–Kier alpha value is -15.4. The van der Waals surface area contributed by atoms with Gasteiger partial charge < -0.3 is 48.4 Å². The molecule has 5 atom stereocenters. The quantitative estimate of drug-likeness (QED) is 0.0262. The number of carbonyl (C=O) groups is 5. The predicted octanol–water partition coefficient (Wildman–Crippen LogP) is 22.0. The summed E-state index contributed by atoms with van der Waals surface area (Å²) in [5.41, 5.74) is -1.50. The van der Waals surface area contributed by atoms with Crippen LogP contribution < -0.4 is 0 Å². The van der Waals surface area contributed by atoms with E-state index < -0.39 is 121 Å². The summed E-state index contributed by atoms with van der Waals surface area (Å²) in [6.07, 6.45) is -12.4. The molecule has 38 heteroatoms. The summed E-state index contributed by atoms with van der Waals surface area (Å²) < 4.78 is 166. The highest BCUT2D eigenvalue weighted by Crippen LogP contribution is 2.43.